The summed E-state index contributed by atoms with van der Waals surface area (Å²) < 4.78 is 19.0. The summed E-state index contributed by atoms with van der Waals surface area (Å²) in [6.07, 6.45) is 1.31. The molecule has 0 aromatic heterocycles. The van der Waals surface area contributed by atoms with Crippen LogP contribution in [-0.4, -0.2) is 21.9 Å². The Hall–Kier alpha value is -0.930. The molecule has 1 aliphatic heterocycles. The van der Waals surface area contributed by atoms with E-state index < -0.39 is 5.60 Å². The van der Waals surface area contributed by atoms with E-state index in [0.29, 0.717) is 6.42 Å². The molecule has 1 aliphatic rings. The van der Waals surface area contributed by atoms with Crippen LogP contribution in [0.4, 0.5) is 4.39 Å². The zero-order chi connectivity index (χ0) is 15.2. The van der Waals surface area contributed by atoms with Crippen LogP contribution in [0.5, 0.6) is 0 Å². The highest BCUT2D eigenvalue weighted by Crippen LogP contribution is 2.47. The molecule has 1 aromatic carbocycles. The Morgan fingerprint density at radius 1 is 1.25 bits per heavy atom. The Kier molecular flexibility index (Phi) is 3.72. The third-order valence-electron chi connectivity index (χ3n) is 4.30. The van der Waals surface area contributed by atoms with Gasteiger partial charge in [0.2, 0.25) is 0 Å². The molecule has 2 nitrogen and oxygen atoms in total. The van der Waals surface area contributed by atoms with Crippen LogP contribution >= 0.6 is 0 Å². The van der Waals surface area contributed by atoms with Gasteiger partial charge >= 0.3 is 0 Å². The molecule has 0 aliphatic carbocycles. The second-order valence-electron chi connectivity index (χ2n) is 7.38. The predicted molar refractivity (Wildman–Crippen MR) is 78.1 cm³/mol. The summed E-state index contributed by atoms with van der Waals surface area (Å²) in [6, 6.07) is 6.34. The maximum absolute atomic E-state index is 13.0. The molecule has 3 heteroatoms. The van der Waals surface area contributed by atoms with Crippen molar-refractivity contribution in [3.63, 3.8) is 0 Å². The molecule has 1 N–H and O–H groups in total. The summed E-state index contributed by atoms with van der Waals surface area (Å²) in [5.41, 5.74) is -0.528. The number of hydrogen-bond acceptors (Lipinski definition) is 2. The van der Waals surface area contributed by atoms with Crippen molar-refractivity contribution in [3.05, 3.63) is 35.6 Å². The number of ether oxygens (including phenoxy) is 1. The van der Waals surface area contributed by atoms with E-state index in [4.69, 9.17) is 4.74 Å². The molecule has 0 bridgehead atoms. The fourth-order valence-electron chi connectivity index (χ4n) is 3.67. The highest BCUT2D eigenvalue weighted by Gasteiger charge is 2.53. The van der Waals surface area contributed by atoms with Crippen molar-refractivity contribution < 1.29 is 14.2 Å². The lowest BCUT2D eigenvalue weighted by Crippen LogP contribution is -2.46. The van der Waals surface area contributed by atoms with E-state index in [0.717, 1.165) is 12.0 Å². The third kappa shape index (κ3) is 3.21. The maximum Gasteiger partial charge on any atom is 0.123 e. The Morgan fingerprint density at radius 2 is 1.80 bits per heavy atom. The Bertz CT molecular complexity index is 474. The Morgan fingerprint density at radius 3 is 2.25 bits per heavy atom. The van der Waals surface area contributed by atoms with Gasteiger partial charge in [-0.3, -0.25) is 0 Å². The lowest BCUT2D eigenvalue weighted by molar-refractivity contribution is -0.108. The molecular formula is C17H25FO2. The van der Waals surface area contributed by atoms with Gasteiger partial charge in [0.25, 0.3) is 0 Å². The second-order valence-corrected chi connectivity index (χ2v) is 7.38. The molecule has 20 heavy (non-hydrogen) atoms. The van der Waals surface area contributed by atoms with Crippen molar-refractivity contribution in [1.82, 2.24) is 0 Å². The van der Waals surface area contributed by atoms with Gasteiger partial charge in [0.15, 0.2) is 0 Å². The normalized spacial score (nSPS) is 27.2. The molecule has 1 aromatic rings. The first kappa shape index (κ1) is 15.5. The van der Waals surface area contributed by atoms with Crippen molar-refractivity contribution in [2.45, 2.75) is 64.3 Å². The largest absolute Gasteiger partial charge is 0.389 e. The zero-order valence-corrected chi connectivity index (χ0v) is 13.0. The van der Waals surface area contributed by atoms with Crippen LogP contribution in [0.15, 0.2) is 24.3 Å². The van der Waals surface area contributed by atoms with Gasteiger partial charge in [-0.15, -0.1) is 0 Å². The molecule has 2 rings (SSSR count). The highest BCUT2D eigenvalue weighted by atomic mass is 19.1. The van der Waals surface area contributed by atoms with Gasteiger partial charge in [-0.1, -0.05) is 12.1 Å². The SMILES string of the molecule is CC1(C)CC(C(C)(O)Cc2ccc(F)cc2)C(C)(C)O1. The van der Waals surface area contributed by atoms with Crippen LogP contribution in [0.2, 0.25) is 0 Å². The van der Waals surface area contributed by atoms with Crippen LogP contribution < -0.4 is 0 Å². The lowest BCUT2D eigenvalue weighted by atomic mass is 9.73. The molecule has 1 fully saturated rings. The molecule has 0 spiro atoms. The first-order valence-corrected chi connectivity index (χ1v) is 7.19. The predicted octanol–water partition coefficient (Wildman–Crippen LogP) is 3.71. The lowest BCUT2D eigenvalue weighted by Gasteiger charge is -2.37. The van der Waals surface area contributed by atoms with Crippen LogP contribution in [0, 0.1) is 11.7 Å². The Labute approximate surface area is 121 Å². The van der Waals surface area contributed by atoms with E-state index in [9.17, 15) is 9.50 Å². The van der Waals surface area contributed by atoms with E-state index in [1.54, 1.807) is 12.1 Å². The van der Waals surface area contributed by atoms with E-state index >= 15 is 0 Å². The topological polar surface area (TPSA) is 29.5 Å². The number of rotatable bonds is 3. The van der Waals surface area contributed by atoms with Crippen molar-refractivity contribution >= 4 is 0 Å². The second kappa shape index (κ2) is 4.81. The monoisotopic (exact) mass is 280 g/mol. The van der Waals surface area contributed by atoms with Crippen LogP contribution in [-0.2, 0) is 11.2 Å². The Balaban J connectivity index is 2.19. The smallest absolute Gasteiger partial charge is 0.123 e. The average molecular weight is 280 g/mol. The van der Waals surface area contributed by atoms with Gasteiger partial charge in [-0.25, -0.2) is 4.39 Å². The minimum Gasteiger partial charge on any atom is -0.389 e. The van der Waals surface area contributed by atoms with Crippen LogP contribution in [0.3, 0.4) is 0 Å². The number of benzene rings is 1. The summed E-state index contributed by atoms with van der Waals surface area (Å²) >= 11 is 0. The maximum atomic E-state index is 13.0. The minimum absolute atomic E-state index is 0.0371. The zero-order valence-electron chi connectivity index (χ0n) is 13.0. The van der Waals surface area contributed by atoms with Gasteiger partial charge in [0, 0.05) is 12.3 Å². The molecule has 0 amide bonds. The van der Waals surface area contributed by atoms with Crippen LogP contribution in [0.25, 0.3) is 0 Å². The summed E-state index contributed by atoms with van der Waals surface area (Å²) in [4.78, 5) is 0. The van der Waals surface area contributed by atoms with E-state index in [1.807, 2.05) is 20.8 Å². The summed E-state index contributed by atoms with van der Waals surface area (Å²) in [6.45, 7) is 10.0. The standard InChI is InChI=1S/C17H25FO2/c1-15(2)11-14(16(3,4)20-15)17(5,19)10-12-6-8-13(18)9-7-12/h6-9,14,19H,10-11H2,1-5H3. The minimum atomic E-state index is -0.880. The molecule has 2 unspecified atom stereocenters. The van der Waals surface area contributed by atoms with Crippen molar-refractivity contribution in [2.24, 2.45) is 5.92 Å². The van der Waals surface area contributed by atoms with Gasteiger partial charge in [-0.2, -0.15) is 0 Å². The summed E-state index contributed by atoms with van der Waals surface area (Å²) in [5.74, 6) is -0.214. The molecule has 2 atom stereocenters. The van der Waals surface area contributed by atoms with Gasteiger partial charge in [-0.05, 0) is 58.7 Å². The fourth-order valence-corrected chi connectivity index (χ4v) is 3.67. The number of hydrogen-bond donors (Lipinski definition) is 1. The molecule has 1 heterocycles. The third-order valence-corrected chi connectivity index (χ3v) is 4.30. The molecular weight excluding hydrogens is 255 g/mol. The molecule has 0 radical (unpaired) electrons. The quantitative estimate of drug-likeness (QED) is 0.914. The first-order valence-electron chi connectivity index (χ1n) is 7.19. The van der Waals surface area contributed by atoms with E-state index in [2.05, 4.69) is 13.8 Å². The summed E-state index contributed by atoms with van der Waals surface area (Å²) in [7, 11) is 0. The first-order chi connectivity index (χ1) is 9.02. The summed E-state index contributed by atoms with van der Waals surface area (Å²) in [5, 5.41) is 10.9. The van der Waals surface area contributed by atoms with Gasteiger partial charge in [0.05, 0.1) is 16.8 Å². The average Bonchev–Trinajstić information content (AvgIpc) is 2.50. The molecule has 1 saturated heterocycles. The number of aliphatic hydroxyl groups is 1. The van der Waals surface area contributed by atoms with Crippen molar-refractivity contribution in [1.29, 1.82) is 0 Å². The van der Waals surface area contributed by atoms with Crippen molar-refractivity contribution in [2.75, 3.05) is 0 Å². The van der Waals surface area contributed by atoms with Crippen LogP contribution in [0.1, 0.15) is 46.6 Å². The fraction of sp³-hybridized carbons (Fsp3) is 0.647. The van der Waals surface area contributed by atoms with E-state index in [-0.39, 0.29) is 22.9 Å². The number of halogens is 1. The van der Waals surface area contributed by atoms with E-state index in [1.165, 1.54) is 12.1 Å². The highest BCUT2D eigenvalue weighted by molar-refractivity contribution is 5.19. The van der Waals surface area contributed by atoms with Gasteiger partial charge < -0.3 is 9.84 Å². The molecule has 112 valence electrons. The van der Waals surface area contributed by atoms with Crippen molar-refractivity contribution in [3.8, 4) is 0 Å². The van der Waals surface area contributed by atoms with Gasteiger partial charge in [0.1, 0.15) is 5.82 Å². The molecule has 0 saturated carbocycles.